The number of benzene rings is 1. The summed E-state index contributed by atoms with van der Waals surface area (Å²) in [5.41, 5.74) is -0.810. The fraction of sp³-hybridized carbons (Fsp3) is 0.154. The Balaban J connectivity index is 2.67. The quantitative estimate of drug-likeness (QED) is 0.611. The van der Waals surface area contributed by atoms with Crippen molar-refractivity contribution in [3.63, 3.8) is 0 Å². The first-order valence-corrected chi connectivity index (χ1v) is 5.48. The number of phenols is 2. The molecule has 0 aromatic heterocycles. The van der Waals surface area contributed by atoms with Gasteiger partial charge in [0.2, 0.25) is 5.78 Å². The Morgan fingerprint density at radius 2 is 1.85 bits per heavy atom. The lowest BCUT2D eigenvalue weighted by Crippen LogP contribution is -2.20. The number of rotatable bonds is 2. The molecular formula is C13H10O7. The summed E-state index contributed by atoms with van der Waals surface area (Å²) < 4.78 is 9.41. The second-order valence-electron chi connectivity index (χ2n) is 3.99. The van der Waals surface area contributed by atoms with Gasteiger partial charge in [0.05, 0.1) is 18.2 Å². The standard InChI is InChI=1S/C13H10O7/c1-5(14)20-9-4-7(16)10-6(15)3-8(19-2)12(17)11(10)13(9)18/h3-4,15,17H,1-2H3. The maximum Gasteiger partial charge on any atom is 0.308 e. The van der Waals surface area contributed by atoms with Crippen LogP contribution in [0.15, 0.2) is 17.9 Å². The predicted octanol–water partition coefficient (Wildman–Crippen LogP) is 0.932. The molecule has 20 heavy (non-hydrogen) atoms. The average molecular weight is 278 g/mol. The van der Waals surface area contributed by atoms with Crippen LogP contribution in [0.5, 0.6) is 17.2 Å². The zero-order valence-corrected chi connectivity index (χ0v) is 10.6. The van der Waals surface area contributed by atoms with Crippen molar-refractivity contribution < 1.29 is 34.1 Å². The number of hydrogen-bond acceptors (Lipinski definition) is 7. The van der Waals surface area contributed by atoms with Crippen LogP contribution in [-0.2, 0) is 9.53 Å². The maximum absolute atomic E-state index is 12.1. The fourth-order valence-electron chi connectivity index (χ4n) is 1.87. The molecule has 1 aliphatic carbocycles. The summed E-state index contributed by atoms with van der Waals surface area (Å²) in [6.45, 7) is 1.07. The minimum atomic E-state index is -0.888. The first-order valence-electron chi connectivity index (χ1n) is 5.48. The van der Waals surface area contributed by atoms with Crippen molar-refractivity contribution >= 4 is 17.5 Å². The third kappa shape index (κ3) is 1.99. The molecule has 0 unspecified atom stereocenters. The third-order valence-corrected chi connectivity index (χ3v) is 2.68. The zero-order chi connectivity index (χ0) is 15.0. The Morgan fingerprint density at radius 1 is 1.20 bits per heavy atom. The number of Topliss-reactive ketones (excluding diaryl/α,β-unsaturated/α-hetero) is 1. The second kappa shape index (κ2) is 4.69. The molecule has 1 aromatic rings. The summed E-state index contributed by atoms with van der Waals surface area (Å²) in [6, 6.07) is 1.02. The van der Waals surface area contributed by atoms with Crippen LogP contribution in [0.25, 0.3) is 0 Å². The van der Waals surface area contributed by atoms with Gasteiger partial charge in [0, 0.05) is 19.1 Å². The zero-order valence-electron chi connectivity index (χ0n) is 10.6. The molecule has 0 fully saturated rings. The monoisotopic (exact) mass is 278 g/mol. The Kier molecular flexibility index (Phi) is 3.19. The van der Waals surface area contributed by atoms with Gasteiger partial charge < -0.3 is 19.7 Å². The SMILES string of the molecule is COc1cc(O)c2c(c1O)C(=O)C(OC(C)=O)=CC2=O. The Morgan fingerprint density at radius 3 is 2.40 bits per heavy atom. The number of carbonyl (C=O) groups is 3. The molecule has 0 heterocycles. The molecule has 0 saturated heterocycles. The lowest BCUT2D eigenvalue weighted by atomic mass is 9.91. The molecule has 7 nitrogen and oxygen atoms in total. The molecule has 2 N–H and O–H groups in total. The van der Waals surface area contributed by atoms with Crippen LogP contribution in [0.4, 0.5) is 0 Å². The molecular weight excluding hydrogens is 268 g/mol. The number of fused-ring (bicyclic) bond motifs is 1. The van der Waals surface area contributed by atoms with E-state index in [1.165, 1.54) is 7.11 Å². The van der Waals surface area contributed by atoms with E-state index in [0.717, 1.165) is 19.1 Å². The molecule has 0 radical (unpaired) electrons. The first kappa shape index (κ1) is 13.6. The summed E-state index contributed by atoms with van der Waals surface area (Å²) in [5, 5.41) is 19.7. The number of phenolic OH excluding ortho intramolecular Hbond substituents is 2. The van der Waals surface area contributed by atoms with Gasteiger partial charge in [0.15, 0.2) is 23.0 Å². The molecule has 104 valence electrons. The van der Waals surface area contributed by atoms with E-state index in [4.69, 9.17) is 4.74 Å². The molecule has 0 aliphatic heterocycles. The van der Waals surface area contributed by atoms with Crippen molar-refractivity contribution in [2.75, 3.05) is 7.11 Å². The van der Waals surface area contributed by atoms with Crippen molar-refractivity contribution in [2.24, 2.45) is 0 Å². The highest BCUT2D eigenvalue weighted by Crippen LogP contribution is 2.41. The molecule has 0 saturated carbocycles. The second-order valence-corrected chi connectivity index (χ2v) is 3.99. The van der Waals surface area contributed by atoms with Crippen LogP contribution >= 0.6 is 0 Å². The van der Waals surface area contributed by atoms with Crippen LogP contribution in [0.1, 0.15) is 27.6 Å². The van der Waals surface area contributed by atoms with E-state index in [0.29, 0.717) is 0 Å². The molecule has 0 amide bonds. The summed E-state index contributed by atoms with van der Waals surface area (Å²) in [4.78, 5) is 34.9. The van der Waals surface area contributed by atoms with E-state index >= 15 is 0 Å². The third-order valence-electron chi connectivity index (χ3n) is 2.68. The van der Waals surface area contributed by atoms with Crippen molar-refractivity contribution in [1.29, 1.82) is 0 Å². The number of ketones is 2. The topological polar surface area (TPSA) is 110 Å². The summed E-state index contributed by atoms with van der Waals surface area (Å²) in [6.07, 6.45) is 0.789. The fourth-order valence-corrected chi connectivity index (χ4v) is 1.87. The van der Waals surface area contributed by atoms with E-state index < -0.39 is 40.4 Å². The summed E-state index contributed by atoms with van der Waals surface area (Å²) in [7, 11) is 1.22. The smallest absolute Gasteiger partial charge is 0.308 e. The molecule has 0 atom stereocenters. The van der Waals surface area contributed by atoms with Crippen LogP contribution in [-0.4, -0.2) is 34.9 Å². The molecule has 1 aromatic carbocycles. The molecule has 7 heteroatoms. The van der Waals surface area contributed by atoms with Crippen LogP contribution in [0.2, 0.25) is 0 Å². The highest BCUT2D eigenvalue weighted by Gasteiger charge is 2.34. The van der Waals surface area contributed by atoms with Crippen LogP contribution in [0, 0.1) is 0 Å². The highest BCUT2D eigenvalue weighted by atomic mass is 16.5. The molecule has 2 rings (SSSR count). The number of allylic oxidation sites excluding steroid dienone is 2. The van der Waals surface area contributed by atoms with Gasteiger partial charge in [-0.2, -0.15) is 0 Å². The van der Waals surface area contributed by atoms with Gasteiger partial charge in [-0.1, -0.05) is 0 Å². The normalized spacial score (nSPS) is 13.6. The summed E-state index contributed by atoms with van der Waals surface area (Å²) >= 11 is 0. The van der Waals surface area contributed by atoms with Crippen LogP contribution < -0.4 is 4.74 Å². The Bertz CT molecular complexity index is 670. The van der Waals surface area contributed by atoms with Gasteiger partial charge >= 0.3 is 5.97 Å². The van der Waals surface area contributed by atoms with Crippen molar-refractivity contribution in [1.82, 2.24) is 0 Å². The number of methoxy groups -OCH3 is 1. The van der Waals surface area contributed by atoms with Crippen molar-refractivity contribution in [2.45, 2.75) is 6.92 Å². The van der Waals surface area contributed by atoms with E-state index in [9.17, 15) is 24.6 Å². The van der Waals surface area contributed by atoms with E-state index in [1.54, 1.807) is 0 Å². The molecule has 0 spiro atoms. The Labute approximate surface area is 113 Å². The van der Waals surface area contributed by atoms with Gasteiger partial charge in [0.25, 0.3) is 0 Å². The van der Waals surface area contributed by atoms with Gasteiger partial charge in [-0.25, -0.2) is 0 Å². The lowest BCUT2D eigenvalue weighted by Gasteiger charge is -2.18. The van der Waals surface area contributed by atoms with Crippen molar-refractivity contribution in [3.8, 4) is 17.2 Å². The average Bonchev–Trinajstić information content (AvgIpc) is 2.37. The van der Waals surface area contributed by atoms with Crippen molar-refractivity contribution in [3.05, 3.63) is 29.0 Å². The molecule has 1 aliphatic rings. The van der Waals surface area contributed by atoms with E-state index in [-0.39, 0.29) is 11.3 Å². The van der Waals surface area contributed by atoms with Gasteiger partial charge in [-0.3, -0.25) is 14.4 Å². The Hall–Kier alpha value is -2.83. The van der Waals surface area contributed by atoms with E-state index in [2.05, 4.69) is 4.74 Å². The van der Waals surface area contributed by atoms with Gasteiger partial charge in [0.1, 0.15) is 5.75 Å². The van der Waals surface area contributed by atoms with Crippen LogP contribution in [0.3, 0.4) is 0 Å². The number of esters is 1. The maximum atomic E-state index is 12.1. The minimum Gasteiger partial charge on any atom is -0.507 e. The minimum absolute atomic E-state index is 0.175. The highest BCUT2D eigenvalue weighted by molar-refractivity contribution is 6.26. The number of aromatic hydroxyl groups is 2. The van der Waals surface area contributed by atoms with Gasteiger partial charge in [-0.05, 0) is 0 Å². The summed E-state index contributed by atoms with van der Waals surface area (Å²) in [5.74, 6) is -4.23. The number of hydrogen-bond donors (Lipinski definition) is 2. The van der Waals surface area contributed by atoms with E-state index in [1.807, 2.05) is 0 Å². The first-order chi connectivity index (χ1) is 9.36. The predicted molar refractivity (Wildman–Crippen MR) is 64.8 cm³/mol. The lowest BCUT2D eigenvalue weighted by molar-refractivity contribution is -0.136. The largest absolute Gasteiger partial charge is 0.507 e. The number of carbonyl (C=O) groups excluding carboxylic acids is 3. The number of ether oxygens (including phenoxy) is 2. The molecule has 0 bridgehead atoms. The van der Waals surface area contributed by atoms with Gasteiger partial charge in [-0.15, -0.1) is 0 Å².